The summed E-state index contributed by atoms with van der Waals surface area (Å²) in [5.41, 5.74) is 4.61. The van der Waals surface area contributed by atoms with Crippen LogP contribution in [-0.2, 0) is 11.3 Å². The number of hydrogen-bond acceptors (Lipinski definition) is 8. The van der Waals surface area contributed by atoms with Crippen molar-refractivity contribution in [1.82, 2.24) is 20.0 Å². The number of hydrogen-bond donors (Lipinski definition) is 2. The number of benzene rings is 2. The van der Waals surface area contributed by atoms with Gasteiger partial charge in [-0.1, -0.05) is 29.4 Å². The van der Waals surface area contributed by atoms with E-state index in [1.54, 1.807) is 7.11 Å². The second-order valence-electron chi connectivity index (χ2n) is 9.83. The van der Waals surface area contributed by atoms with Crippen molar-refractivity contribution in [2.24, 2.45) is 0 Å². The summed E-state index contributed by atoms with van der Waals surface area (Å²) in [7, 11) is 3.49. The van der Waals surface area contributed by atoms with Crippen LogP contribution in [0, 0.1) is 13.8 Å². The minimum absolute atomic E-state index is 0.163. The summed E-state index contributed by atoms with van der Waals surface area (Å²) in [6, 6.07) is 14.1. The Labute approximate surface area is 216 Å². The third-order valence-electron chi connectivity index (χ3n) is 7.33. The number of aryl methyl sites for hydroxylation is 2. The minimum Gasteiger partial charge on any atom is -0.497 e. The topological polar surface area (TPSA) is 105 Å². The van der Waals surface area contributed by atoms with E-state index >= 15 is 0 Å². The minimum atomic E-state index is -0.277. The molecule has 9 heteroatoms. The van der Waals surface area contributed by atoms with Crippen LogP contribution in [0.2, 0.25) is 0 Å². The molecule has 0 saturated carbocycles. The number of nitrogens with zero attached hydrogens (tertiary/aromatic N) is 4. The number of ether oxygens (including phenoxy) is 1. The molecule has 0 radical (unpaired) electrons. The molecule has 37 heavy (non-hydrogen) atoms. The van der Waals surface area contributed by atoms with Crippen LogP contribution in [0.5, 0.6) is 5.75 Å². The molecule has 1 fully saturated rings. The summed E-state index contributed by atoms with van der Waals surface area (Å²) in [6.07, 6.45) is 1.36. The van der Waals surface area contributed by atoms with Crippen molar-refractivity contribution < 1.29 is 14.1 Å². The number of likely N-dealkylation sites (tertiary alicyclic amines) is 1. The van der Waals surface area contributed by atoms with Crippen molar-refractivity contribution >= 4 is 28.6 Å². The van der Waals surface area contributed by atoms with Crippen LogP contribution in [0.1, 0.15) is 36.8 Å². The molecule has 0 bridgehead atoms. The van der Waals surface area contributed by atoms with Gasteiger partial charge in [0.1, 0.15) is 17.3 Å². The van der Waals surface area contributed by atoms with Crippen molar-refractivity contribution in [3.8, 4) is 16.9 Å². The molecule has 5 rings (SSSR count). The van der Waals surface area contributed by atoms with Gasteiger partial charge in [0, 0.05) is 43.6 Å². The fourth-order valence-electron chi connectivity index (χ4n) is 4.81. The van der Waals surface area contributed by atoms with Gasteiger partial charge in [0.15, 0.2) is 0 Å². The molecule has 1 amide bonds. The van der Waals surface area contributed by atoms with Crippen molar-refractivity contribution in [1.29, 1.82) is 0 Å². The first-order valence-electron chi connectivity index (χ1n) is 12.4. The van der Waals surface area contributed by atoms with E-state index in [1.165, 1.54) is 0 Å². The van der Waals surface area contributed by atoms with E-state index in [-0.39, 0.29) is 11.4 Å². The number of carbonyl (C=O) groups is 1. The second-order valence-corrected chi connectivity index (χ2v) is 9.83. The average Bonchev–Trinajstić information content (AvgIpc) is 3.38. The largest absolute Gasteiger partial charge is 0.497 e. The molecule has 9 nitrogen and oxygen atoms in total. The Kier molecular flexibility index (Phi) is 6.45. The van der Waals surface area contributed by atoms with Gasteiger partial charge >= 0.3 is 0 Å². The number of fused-ring (bicyclic) bond motifs is 1. The number of rotatable bonds is 8. The first-order chi connectivity index (χ1) is 17.8. The maximum absolute atomic E-state index is 12.1. The number of anilines is 2. The molecular weight excluding hydrogens is 468 g/mol. The highest BCUT2D eigenvalue weighted by Gasteiger charge is 2.38. The highest BCUT2D eigenvalue weighted by Crippen LogP contribution is 2.31. The van der Waals surface area contributed by atoms with E-state index < -0.39 is 0 Å². The normalized spacial score (nSPS) is 17.4. The Morgan fingerprint density at radius 2 is 1.89 bits per heavy atom. The summed E-state index contributed by atoms with van der Waals surface area (Å²) >= 11 is 0. The maximum Gasteiger partial charge on any atom is 0.225 e. The third-order valence-corrected chi connectivity index (χ3v) is 7.33. The molecule has 0 spiro atoms. The first-order valence-corrected chi connectivity index (χ1v) is 12.4. The van der Waals surface area contributed by atoms with Gasteiger partial charge in [0.05, 0.1) is 23.9 Å². The summed E-state index contributed by atoms with van der Waals surface area (Å²) in [6.45, 7) is 7.11. The lowest BCUT2D eigenvalue weighted by Crippen LogP contribution is -2.45. The Morgan fingerprint density at radius 3 is 2.54 bits per heavy atom. The predicted molar refractivity (Wildman–Crippen MR) is 144 cm³/mol. The molecule has 1 atom stereocenters. The molecule has 1 saturated heterocycles. The lowest BCUT2D eigenvalue weighted by molar-refractivity contribution is -0.129. The summed E-state index contributed by atoms with van der Waals surface area (Å²) < 4.78 is 10.7. The zero-order valence-corrected chi connectivity index (χ0v) is 21.9. The molecule has 2 aromatic heterocycles. The molecule has 1 unspecified atom stereocenters. The van der Waals surface area contributed by atoms with Crippen LogP contribution in [-0.4, -0.2) is 52.2 Å². The number of aromatic nitrogens is 3. The number of nitrogens with one attached hydrogen (secondary N) is 2. The van der Waals surface area contributed by atoms with Crippen LogP contribution >= 0.6 is 0 Å². The average molecular weight is 501 g/mol. The molecule has 4 aromatic rings. The lowest BCUT2D eigenvalue weighted by Gasteiger charge is -2.32. The summed E-state index contributed by atoms with van der Waals surface area (Å²) in [5.74, 6) is 2.94. The van der Waals surface area contributed by atoms with Gasteiger partial charge in [-0.3, -0.25) is 4.79 Å². The van der Waals surface area contributed by atoms with E-state index in [9.17, 15) is 4.79 Å². The fourth-order valence-corrected chi connectivity index (χ4v) is 4.81. The van der Waals surface area contributed by atoms with Crippen LogP contribution in [0.4, 0.5) is 11.8 Å². The molecule has 3 heterocycles. The van der Waals surface area contributed by atoms with Crippen LogP contribution in [0.3, 0.4) is 0 Å². The van der Waals surface area contributed by atoms with Crippen LogP contribution in [0.15, 0.2) is 47.0 Å². The van der Waals surface area contributed by atoms with Gasteiger partial charge in [0.25, 0.3) is 0 Å². The standard InChI is InChI=1S/C28H32N6O3/c1-17-25(18(2)37-33-17)20-8-6-19(7-9-20)15-29-26-22-11-10-21(36-5)14-23(22)31-27(32-26)30-16-28(3)13-12-24(35)34(28)4/h6-11,14H,12-13,15-16H2,1-5H3,(H2,29,30,31,32). The summed E-state index contributed by atoms with van der Waals surface area (Å²) in [5, 5.41) is 11.8. The highest BCUT2D eigenvalue weighted by atomic mass is 16.5. The van der Waals surface area contributed by atoms with E-state index in [0.717, 1.165) is 57.0 Å². The second kappa shape index (κ2) is 9.72. The molecular formula is C28H32N6O3. The van der Waals surface area contributed by atoms with E-state index in [1.807, 2.05) is 44.0 Å². The number of amides is 1. The smallest absolute Gasteiger partial charge is 0.225 e. The van der Waals surface area contributed by atoms with Gasteiger partial charge < -0.3 is 24.8 Å². The zero-order valence-electron chi connectivity index (χ0n) is 21.9. The van der Waals surface area contributed by atoms with Gasteiger partial charge in [0.2, 0.25) is 11.9 Å². The van der Waals surface area contributed by atoms with Crippen LogP contribution in [0.25, 0.3) is 22.0 Å². The Morgan fingerprint density at radius 1 is 1.11 bits per heavy atom. The Bertz CT molecular complexity index is 1430. The van der Waals surface area contributed by atoms with E-state index in [4.69, 9.17) is 19.2 Å². The molecule has 192 valence electrons. The molecule has 2 aromatic carbocycles. The van der Waals surface area contributed by atoms with Crippen molar-refractivity contribution in [2.75, 3.05) is 31.3 Å². The lowest BCUT2D eigenvalue weighted by atomic mass is 9.99. The van der Waals surface area contributed by atoms with Crippen LogP contribution < -0.4 is 15.4 Å². The van der Waals surface area contributed by atoms with E-state index in [0.29, 0.717) is 25.5 Å². The van der Waals surface area contributed by atoms with Crippen molar-refractivity contribution in [3.05, 3.63) is 59.5 Å². The fraction of sp³-hybridized carbons (Fsp3) is 0.357. The molecule has 0 aliphatic carbocycles. The SMILES string of the molecule is COc1ccc2c(NCc3ccc(-c4c(C)noc4C)cc3)nc(NCC3(C)CCC(=O)N3C)nc2c1. The van der Waals surface area contributed by atoms with Gasteiger partial charge in [-0.2, -0.15) is 4.98 Å². The predicted octanol–water partition coefficient (Wildman–Crippen LogP) is 4.95. The highest BCUT2D eigenvalue weighted by molar-refractivity contribution is 5.91. The van der Waals surface area contributed by atoms with Gasteiger partial charge in [-0.15, -0.1) is 0 Å². The molecule has 2 N–H and O–H groups in total. The zero-order chi connectivity index (χ0) is 26.2. The monoisotopic (exact) mass is 500 g/mol. The Balaban J connectivity index is 1.38. The molecule has 1 aliphatic rings. The van der Waals surface area contributed by atoms with E-state index in [2.05, 4.69) is 47.0 Å². The molecule has 1 aliphatic heterocycles. The number of carbonyl (C=O) groups excluding carboxylic acids is 1. The summed E-state index contributed by atoms with van der Waals surface area (Å²) in [4.78, 5) is 23.4. The van der Waals surface area contributed by atoms with Gasteiger partial charge in [-0.25, -0.2) is 4.98 Å². The first kappa shape index (κ1) is 24.5. The third kappa shape index (κ3) is 4.81. The van der Waals surface area contributed by atoms with Crippen molar-refractivity contribution in [2.45, 2.75) is 45.7 Å². The quantitative estimate of drug-likeness (QED) is 0.350. The van der Waals surface area contributed by atoms with Crippen molar-refractivity contribution in [3.63, 3.8) is 0 Å². The number of methoxy groups -OCH3 is 1. The maximum atomic E-state index is 12.1. The van der Waals surface area contributed by atoms with Gasteiger partial charge in [-0.05, 0) is 50.5 Å². The number of likely N-dealkylation sites (N-methyl/N-ethyl adjacent to an activating group) is 1. The Hall–Kier alpha value is -4.14.